The van der Waals surface area contributed by atoms with Gasteiger partial charge in [0.2, 0.25) is 0 Å². The van der Waals surface area contributed by atoms with Crippen LogP contribution in [-0.4, -0.2) is 18.9 Å². The van der Waals surface area contributed by atoms with Gasteiger partial charge < -0.3 is 5.32 Å². The fraction of sp³-hybridized carbons (Fsp3) is 0.462. The Hall–Kier alpha value is -0.930. The molecule has 1 aliphatic rings. The van der Waals surface area contributed by atoms with Gasteiger partial charge in [0.25, 0.3) is 0 Å². The molecule has 2 rings (SSSR count). The SMILES string of the molecule is O=C(Cc1ccc(Cl)cc1F)C1CCCNC1. The quantitative estimate of drug-likeness (QED) is 0.900. The second-order valence-corrected chi connectivity index (χ2v) is 4.86. The van der Waals surface area contributed by atoms with E-state index in [1.807, 2.05) is 0 Å². The number of hydrogen-bond donors (Lipinski definition) is 1. The van der Waals surface area contributed by atoms with Crippen molar-refractivity contribution in [2.24, 2.45) is 5.92 Å². The molecule has 92 valence electrons. The summed E-state index contributed by atoms with van der Waals surface area (Å²) >= 11 is 5.67. The summed E-state index contributed by atoms with van der Waals surface area (Å²) in [5, 5.41) is 3.55. The number of halogens is 2. The van der Waals surface area contributed by atoms with E-state index in [0.29, 0.717) is 17.1 Å². The van der Waals surface area contributed by atoms with Gasteiger partial charge in [-0.2, -0.15) is 0 Å². The Kier molecular flexibility index (Phi) is 4.13. The number of carbonyl (C=O) groups is 1. The van der Waals surface area contributed by atoms with E-state index in [1.165, 1.54) is 6.07 Å². The first-order chi connectivity index (χ1) is 8.16. The third-order valence-corrected chi connectivity index (χ3v) is 3.37. The Labute approximate surface area is 105 Å². The van der Waals surface area contributed by atoms with Crippen LogP contribution in [0.1, 0.15) is 18.4 Å². The highest BCUT2D eigenvalue weighted by Gasteiger charge is 2.21. The smallest absolute Gasteiger partial charge is 0.141 e. The van der Waals surface area contributed by atoms with E-state index in [2.05, 4.69) is 5.32 Å². The maximum Gasteiger partial charge on any atom is 0.141 e. The van der Waals surface area contributed by atoms with Crippen LogP contribution in [0.4, 0.5) is 4.39 Å². The first-order valence-electron chi connectivity index (χ1n) is 5.84. The first kappa shape index (κ1) is 12.5. The fourth-order valence-electron chi connectivity index (χ4n) is 2.12. The largest absolute Gasteiger partial charge is 0.316 e. The molecule has 17 heavy (non-hydrogen) atoms. The maximum atomic E-state index is 13.5. The molecule has 1 heterocycles. The Morgan fingerprint density at radius 1 is 1.53 bits per heavy atom. The number of carbonyl (C=O) groups excluding carboxylic acids is 1. The van der Waals surface area contributed by atoms with Gasteiger partial charge in [0, 0.05) is 23.9 Å². The molecule has 1 aliphatic heterocycles. The van der Waals surface area contributed by atoms with Gasteiger partial charge in [-0.3, -0.25) is 4.79 Å². The van der Waals surface area contributed by atoms with E-state index in [-0.39, 0.29) is 18.1 Å². The molecule has 0 spiro atoms. The highest BCUT2D eigenvalue weighted by Crippen LogP contribution is 2.18. The molecule has 1 aromatic carbocycles. The predicted molar refractivity (Wildman–Crippen MR) is 65.7 cm³/mol. The minimum Gasteiger partial charge on any atom is -0.316 e. The average Bonchev–Trinajstić information content (AvgIpc) is 2.34. The lowest BCUT2D eigenvalue weighted by atomic mass is 9.91. The minimum atomic E-state index is -0.394. The summed E-state index contributed by atoms with van der Waals surface area (Å²) in [5.41, 5.74) is 0.435. The van der Waals surface area contributed by atoms with Crippen LogP contribution in [0.3, 0.4) is 0 Å². The topological polar surface area (TPSA) is 29.1 Å². The third kappa shape index (κ3) is 3.27. The van der Waals surface area contributed by atoms with Gasteiger partial charge in [0.05, 0.1) is 0 Å². The summed E-state index contributed by atoms with van der Waals surface area (Å²) in [7, 11) is 0. The van der Waals surface area contributed by atoms with E-state index in [4.69, 9.17) is 11.6 Å². The van der Waals surface area contributed by atoms with Crippen molar-refractivity contribution in [1.29, 1.82) is 0 Å². The van der Waals surface area contributed by atoms with Gasteiger partial charge >= 0.3 is 0 Å². The van der Waals surface area contributed by atoms with E-state index >= 15 is 0 Å². The molecule has 0 aromatic heterocycles. The fourth-order valence-corrected chi connectivity index (χ4v) is 2.28. The second-order valence-electron chi connectivity index (χ2n) is 4.42. The van der Waals surface area contributed by atoms with Crippen molar-refractivity contribution in [2.45, 2.75) is 19.3 Å². The van der Waals surface area contributed by atoms with Gasteiger partial charge in [-0.05, 0) is 37.1 Å². The number of piperidine rings is 1. The van der Waals surface area contributed by atoms with Crippen LogP contribution < -0.4 is 5.32 Å². The number of benzene rings is 1. The normalized spacial score (nSPS) is 20.2. The standard InChI is InChI=1S/C13H15ClFNO/c14-11-4-3-9(12(15)7-11)6-13(17)10-2-1-5-16-8-10/h3-4,7,10,16H,1-2,5-6,8H2. The van der Waals surface area contributed by atoms with Crippen LogP contribution >= 0.6 is 11.6 Å². The molecule has 1 unspecified atom stereocenters. The number of Topliss-reactive ketones (excluding diaryl/α,β-unsaturated/α-hetero) is 1. The number of hydrogen-bond acceptors (Lipinski definition) is 2. The zero-order valence-electron chi connectivity index (χ0n) is 9.51. The van der Waals surface area contributed by atoms with Crippen molar-refractivity contribution in [2.75, 3.05) is 13.1 Å². The lowest BCUT2D eigenvalue weighted by molar-refractivity contribution is -0.122. The van der Waals surface area contributed by atoms with Crippen LogP contribution in [0, 0.1) is 11.7 Å². The van der Waals surface area contributed by atoms with Crippen molar-refractivity contribution in [3.05, 3.63) is 34.6 Å². The zero-order chi connectivity index (χ0) is 12.3. The van der Waals surface area contributed by atoms with Gasteiger partial charge in [-0.1, -0.05) is 17.7 Å². The van der Waals surface area contributed by atoms with Crippen molar-refractivity contribution < 1.29 is 9.18 Å². The second kappa shape index (κ2) is 5.61. The lowest BCUT2D eigenvalue weighted by Crippen LogP contribution is -2.35. The number of ketones is 1. The monoisotopic (exact) mass is 255 g/mol. The summed E-state index contributed by atoms with van der Waals surface area (Å²) in [4.78, 5) is 12.0. The molecule has 2 nitrogen and oxygen atoms in total. The molecule has 1 fully saturated rings. The van der Waals surface area contributed by atoms with Crippen LogP contribution in [0.15, 0.2) is 18.2 Å². The Bertz CT molecular complexity index is 416. The number of nitrogens with one attached hydrogen (secondary N) is 1. The molecular formula is C13H15ClFNO. The van der Waals surface area contributed by atoms with Crippen molar-refractivity contribution in [1.82, 2.24) is 5.32 Å². The molecular weight excluding hydrogens is 241 g/mol. The molecule has 0 saturated carbocycles. The summed E-state index contributed by atoms with van der Waals surface area (Å²) in [5.74, 6) is -0.258. The van der Waals surface area contributed by atoms with E-state index in [9.17, 15) is 9.18 Å². The average molecular weight is 256 g/mol. The zero-order valence-corrected chi connectivity index (χ0v) is 10.3. The Morgan fingerprint density at radius 3 is 3.00 bits per heavy atom. The highest BCUT2D eigenvalue weighted by atomic mass is 35.5. The third-order valence-electron chi connectivity index (χ3n) is 3.13. The molecule has 4 heteroatoms. The Balaban J connectivity index is 2.02. The van der Waals surface area contributed by atoms with E-state index in [1.54, 1.807) is 12.1 Å². The molecule has 0 amide bonds. The molecule has 1 aromatic rings. The lowest BCUT2D eigenvalue weighted by Gasteiger charge is -2.21. The molecule has 1 saturated heterocycles. The summed E-state index contributed by atoms with van der Waals surface area (Å²) in [6.07, 6.45) is 2.08. The summed E-state index contributed by atoms with van der Waals surface area (Å²) in [6, 6.07) is 4.46. The minimum absolute atomic E-state index is 0.0267. The van der Waals surface area contributed by atoms with Crippen LogP contribution in [-0.2, 0) is 11.2 Å². The molecule has 1 N–H and O–H groups in total. The maximum absolute atomic E-state index is 13.5. The van der Waals surface area contributed by atoms with Crippen molar-refractivity contribution in [3.8, 4) is 0 Å². The van der Waals surface area contributed by atoms with Crippen LogP contribution in [0.5, 0.6) is 0 Å². The van der Waals surface area contributed by atoms with Gasteiger partial charge in [0.1, 0.15) is 11.6 Å². The Morgan fingerprint density at radius 2 is 2.35 bits per heavy atom. The van der Waals surface area contributed by atoms with Gasteiger partial charge in [-0.15, -0.1) is 0 Å². The predicted octanol–water partition coefficient (Wildman–Crippen LogP) is 2.59. The summed E-state index contributed by atoms with van der Waals surface area (Å²) < 4.78 is 13.5. The van der Waals surface area contributed by atoms with Crippen LogP contribution in [0.25, 0.3) is 0 Å². The molecule has 0 bridgehead atoms. The molecule has 0 radical (unpaired) electrons. The van der Waals surface area contributed by atoms with Crippen LogP contribution in [0.2, 0.25) is 5.02 Å². The van der Waals surface area contributed by atoms with Gasteiger partial charge in [0.15, 0.2) is 0 Å². The molecule has 1 atom stereocenters. The highest BCUT2D eigenvalue weighted by molar-refractivity contribution is 6.30. The van der Waals surface area contributed by atoms with E-state index < -0.39 is 5.82 Å². The first-order valence-corrected chi connectivity index (χ1v) is 6.22. The number of rotatable bonds is 3. The van der Waals surface area contributed by atoms with Gasteiger partial charge in [-0.25, -0.2) is 4.39 Å². The van der Waals surface area contributed by atoms with Crippen molar-refractivity contribution in [3.63, 3.8) is 0 Å². The summed E-state index contributed by atoms with van der Waals surface area (Å²) in [6.45, 7) is 1.69. The van der Waals surface area contributed by atoms with E-state index in [0.717, 1.165) is 19.4 Å². The molecule has 0 aliphatic carbocycles. The van der Waals surface area contributed by atoms with Crippen molar-refractivity contribution >= 4 is 17.4 Å².